The highest BCUT2D eigenvalue weighted by atomic mass is 19.1. The SMILES string of the molecule is CC(C)(CO)C(NC(=O)c1cc(F)cc2ccoc12)c1cccnc1. The molecule has 1 amide bonds. The Bertz CT molecular complexity index is 890. The van der Waals surface area contributed by atoms with Crippen LogP contribution in [0, 0.1) is 11.2 Å². The van der Waals surface area contributed by atoms with E-state index in [0.717, 1.165) is 11.6 Å². The lowest BCUT2D eigenvalue weighted by atomic mass is 9.81. The highest BCUT2D eigenvalue weighted by molar-refractivity contribution is 6.05. The summed E-state index contributed by atoms with van der Waals surface area (Å²) in [6.45, 7) is 3.52. The number of nitrogens with zero attached hydrogens (tertiary/aromatic N) is 1. The van der Waals surface area contributed by atoms with Crippen LogP contribution in [0.4, 0.5) is 4.39 Å². The summed E-state index contributed by atoms with van der Waals surface area (Å²) in [7, 11) is 0. The van der Waals surface area contributed by atoms with Crippen LogP contribution in [0.15, 0.2) is 53.4 Å². The van der Waals surface area contributed by atoms with Crippen LogP contribution >= 0.6 is 0 Å². The van der Waals surface area contributed by atoms with Crippen molar-refractivity contribution in [1.29, 1.82) is 0 Å². The molecular formula is C19H19FN2O3. The molecule has 0 aliphatic carbocycles. The summed E-state index contributed by atoms with van der Waals surface area (Å²) < 4.78 is 19.2. The summed E-state index contributed by atoms with van der Waals surface area (Å²) in [5.74, 6) is -0.992. The van der Waals surface area contributed by atoms with Crippen molar-refractivity contribution in [2.45, 2.75) is 19.9 Å². The first kappa shape index (κ1) is 17.1. The number of carbonyl (C=O) groups is 1. The number of hydrogen-bond donors (Lipinski definition) is 2. The number of furan rings is 1. The van der Waals surface area contributed by atoms with Crippen molar-refractivity contribution in [2.24, 2.45) is 5.41 Å². The zero-order valence-corrected chi connectivity index (χ0v) is 14.0. The standard InChI is InChI=1S/C19H19FN2O3/c1-19(2,11-23)17(13-4-3-6-21-10-13)22-18(24)15-9-14(20)8-12-5-7-25-16(12)15/h3-10,17,23H,11H2,1-2H3,(H,22,24). The molecular weight excluding hydrogens is 323 g/mol. The first-order valence-corrected chi connectivity index (χ1v) is 7.91. The van der Waals surface area contributed by atoms with Crippen LogP contribution in [0.1, 0.15) is 35.8 Å². The van der Waals surface area contributed by atoms with Gasteiger partial charge in [-0.25, -0.2) is 4.39 Å². The molecule has 0 radical (unpaired) electrons. The number of amides is 1. The highest BCUT2D eigenvalue weighted by Crippen LogP contribution is 2.33. The molecule has 130 valence electrons. The predicted octanol–water partition coefficient (Wildman–Crippen LogP) is 3.46. The van der Waals surface area contributed by atoms with E-state index in [9.17, 15) is 14.3 Å². The quantitative estimate of drug-likeness (QED) is 0.745. The second kappa shape index (κ2) is 6.64. The van der Waals surface area contributed by atoms with Crippen molar-refractivity contribution in [3.8, 4) is 0 Å². The van der Waals surface area contributed by atoms with Crippen molar-refractivity contribution >= 4 is 16.9 Å². The Hall–Kier alpha value is -2.73. The van der Waals surface area contributed by atoms with Gasteiger partial charge in [0, 0.05) is 23.2 Å². The van der Waals surface area contributed by atoms with E-state index in [4.69, 9.17) is 4.42 Å². The molecule has 6 heteroatoms. The van der Waals surface area contributed by atoms with E-state index in [1.165, 1.54) is 12.3 Å². The van der Waals surface area contributed by atoms with Crippen LogP contribution < -0.4 is 5.32 Å². The number of aliphatic hydroxyl groups excluding tert-OH is 1. The third-order valence-electron chi connectivity index (χ3n) is 4.24. The maximum atomic E-state index is 13.8. The normalized spacial score (nSPS) is 13.0. The molecule has 1 aromatic carbocycles. The number of carbonyl (C=O) groups excluding carboxylic acids is 1. The van der Waals surface area contributed by atoms with Gasteiger partial charge in [-0.2, -0.15) is 0 Å². The van der Waals surface area contributed by atoms with Crippen molar-refractivity contribution in [3.63, 3.8) is 0 Å². The molecule has 1 unspecified atom stereocenters. The van der Waals surface area contributed by atoms with Crippen LogP contribution in [-0.4, -0.2) is 22.6 Å². The minimum Gasteiger partial charge on any atom is -0.464 e. The zero-order chi connectivity index (χ0) is 18.0. The molecule has 25 heavy (non-hydrogen) atoms. The first-order valence-electron chi connectivity index (χ1n) is 7.91. The molecule has 5 nitrogen and oxygen atoms in total. The molecule has 2 N–H and O–H groups in total. The molecule has 3 aromatic rings. The summed E-state index contributed by atoms with van der Waals surface area (Å²) in [6.07, 6.45) is 4.68. The number of fused-ring (bicyclic) bond motifs is 1. The van der Waals surface area contributed by atoms with Gasteiger partial charge in [0.05, 0.1) is 24.5 Å². The molecule has 0 saturated carbocycles. The van der Waals surface area contributed by atoms with E-state index in [1.54, 1.807) is 24.5 Å². The van der Waals surface area contributed by atoms with Gasteiger partial charge in [0.1, 0.15) is 11.4 Å². The molecule has 0 aliphatic rings. The molecule has 3 rings (SSSR count). The van der Waals surface area contributed by atoms with Crippen LogP contribution in [0.2, 0.25) is 0 Å². The van der Waals surface area contributed by atoms with Gasteiger partial charge < -0.3 is 14.8 Å². The molecule has 2 heterocycles. The van der Waals surface area contributed by atoms with Crippen molar-refractivity contribution < 1.29 is 18.7 Å². The van der Waals surface area contributed by atoms with Gasteiger partial charge in [-0.15, -0.1) is 0 Å². The van der Waals surface area contributed by atoms with Gasteiger partial charge in [-0.05, 0) is 29.8 Å². The smallest absolute Gasteiger partial charge is 0.255 e. The Labute approximate surface area is 144 Å². The Balaban J connectivity index is 1.99. The number of aliphatic hydroxyl groups is 1. The van der Waals surface area contributed by atoms with Crippen LogP contribution in [0.25, 0.3) is 11.0 Å². The van der Waals surface area contributed by atoms with E-state index >= 15 is 0 Å². The van der Waals surface area contributed by atoms with Crippen LogP contribution in [-0.2, 0) is 0 Å². The largest absolute Gasteiger partial charge is 0.464 e. The Kier molecular flexibility index (Phi) is 4.55. The molecule has 0 bridgehead atoms. The van der Waals surface area contributed by atoms with Gasteiger partial charge in [-0.3, -0.25) is 9.78 Å². The van der Waals surface area contributed by atoms with Crippen LogP contribution in [0.3, 0.4) is 0 Å². The van der Waals surface area contributed by atoms with E-state index in [1.807, 2.05) is 19.9 Å². The fraction of sp³-hybridized carbons (Fsp3) is 0.263. The summed E-state index contributed by atoms with van der Waals surface area (Å²) in [5, 5.41) is 13.1. The lowest BCUT2D eigenvalue weighted by Gasteiger charge is -2.33. The third-order valence-corrected chi connectivity index (χ3v) is 4.24. The topological polar surface area (TPSA) is 75.4 Å². The van der Waals surface area contributed by atoms with E-state index in [2.05, 4.69) is 10.3 Å². The van der Waals surface area contributed by atoms with Crippen LogP contribution in [0.5, 0.6) is 0 Å². The molecule has 0 fully saturated rings. The molecule has 1 atom stereocenters. The second-order valence-corrected chi connectivity index (χ2v) is 6.63. The van der Waals surface area contributed by atoms with Gasteiger partial charge in [-0.1, -0.05) is 19.9 Å². The summed E-state index contributed by atoms with van der Waals surface area (Å²) >= 11 is 0. The molecule has 0 spiro atoms. The van der Waals surface area contributed by atoms with Crippen molar-refractivity contribution in [3.05, 3.63) is 65.9 Å². The lowest BCUT2D eigenvalue weighted by molar-refractivity contribution is 0.0808. The lowest BCUT2D eigenvalue weighted by Crippen LogP contribution is -2.40. The van der Waals surface area contributed by atoms with Gasteiger partial charge >= 0.3 is 0 Å². The highest BCUT2D eigenvalue weighted by Gasteiger charge is 2.32. The maximum absolute atomic E-state index is 13.8. The number of hydrogen-bond acceptors (Lipinski definition) is 4. The number of aromatic nitrogens is 1. The second-order valence-electron chi connectivity index (χ2n) is 6.63. The summed E-state index contributed by atoms with van der Waals surface area (Å²) in [6, 6.07) is 7.13. The van der Waals surface area contributed by atoms with Gasteiger partial charge in [0.15, 0.2) is 0 Å². The fourth-order valence-electron chi connectivity index (χ4n) is 2.79. The fourth-order valence-corrected chi connectivity index (χ4v) is 2.79. The van der Waals surface area contributed by atoms with Gasteiger partial charge in [0.2, 0.25) is 0 Å². The number of halogens is 1. The Morgan fingerprint density at radius 1 is 1.40 bits per heavy atom. The summed E-state index contributed by atoms with van der Waals surface area (Å²) in [5.41, 5.74) is 0.546. The number of nitrogens with one attached hydrogen (secondary N) is 1. The minimum atomic E-state index is -0.645. The first-order chi connectivity index (χ1) is 11.9. The third kappa shape index (κ3) is 3.39. The molecule has 2 aromatic heterocycles. The van der Waals surface area contributed by atoms with Gasteiger partial charge in [0.25, 0.3) is 5.91 Å². The summed E-state index contributed by atoms with van der Waals surface area (Å²) in [4.78, 5) is 16.9. The predicted molar refractivity (Wildman–Crippen MR) is 91.5 cm³/mol. The number of benzene rings is 1. The number of pyridine rings is 1. The van der Waals surface area contributed by atoms with E-state index in [-0.39, 0.29) is 12.2 Å². The molecule has 0 saturated heterocycles. The monoisotopic (exact) mass is 342 g/mol. The minimum absolute atomic E-state index is 0.114. The van der Waals surface area contributed by atoms with Crippen molar-refractivity contribution in [1.82, 2.24) is 10.3 Å². The average molecular weight is 342 g/mol. The van der Waals surface area contributed by atoms with Crippen molar-refractivity contribution in [2.75, 3.05) is 6.61 Å². The Morgan fingerprint density at radius 2 is 2.20 bits per heavy atom. The maximum Gasteiger partial charge on any atom is 0.255 e. The number of rotatable bonds is 5. The Morgan fingerprint density at radius 3 is 2.88 bits per heavy atom. The van der Waals surface area contributed by atoms with E-state index < -0.39 is 23.2 Å². The average Bonchev–Trinajstić information content (AvgIpc) is 3.07. The molecule has 0 aliphatic heterocycles. The van der Waals surface area contributed by atoms with E-state index in [0.29, 0.717) is 11.0 Å². The zero-order valence-electron chi connectivity index (χ0n) is 14.0.